The van der Waals surface area contributed by atoms with Gasteiger partial charge in [-0.05, 0) is 30.5 Å². The van der Waals surface area contributed by atoms with Gasteiger partial charge >= 0.3 is 5.69 Å². The van der Waals surface area contributed by atoms with Gasteiger partial charge in [0.2, 0.25) is 0 Å². The summed E-state index contributed by atoms with van der Waals surface area (Å²) >= 11 is 0. The smallest absolute Gasteiger partial charge is 0.328 e. The molecule has 1 saturated heterocycles. The predicted molar refractivity (Wildman–Crippen MR) is 76.7 cm³/mol. The molecule has 108 valence electrons. The maximum atomic E-state index is 11.9. The Morgan fingerprint density at radius 2 is 2.05 bits per heavy atom. The fourth-order valence-electron chi connectivity index (χ4n) is 2.99. The Bertz CT molecular complexity index is 680. The topological polar surface area (TPSA) is 56.4 Å². The second-order valence-corrected chi connectivity index (χ2v) is 5.57. The molecule has 2 heterocycles. The van der Waals surface area contributed by atoms with E-state index in [0.717, 1.165) is 36.0 Å². The van der Waals surface area contributed by atoms with Gasteiger partial charge in [0.05, 0.1) is 23.7 Å². The van der Waals surface area contributed by atoms with Crippen LogP contribution >= 0.6 is 0 Å². The van der Waals surface area contributed by atoms with Gasteiger partial charge in [-0.3, -0.25) is 9.13 Å². The maximum absolute atomic E-state index is 11.9. The lowest BCUT2D eigenvalue weighted by Crippen LogP contribution is -2.23. The quantitative estimate of drug-likeness (QED) is 0.900. The molecule has 1 aromatic carbocycles. The average Bonchev–Trinajstić information content (AvgIpc) is 2.72. The number of hydrogen-bond donors (Lipinski definition) is 1. The molecule has 3 rings (SSSR count). The Hall–Kier alpha value is -1.59. The monoisotopic (exact) mass is 276 g/mol. The van der Waals surface area contributed by atoms with Gasteiger partial charge in [0.1, 0.15) is 0 Å². The van der Waals surface area contributed by atoms with E-state index in [9.17, 15) is 9.90 Å². The highest BCUT2D eigenvalue weighted by Gasteiger charge is 2.24. The van der Waals surface area contributed by atoms with Crippen LogP contribution in [0.2, 0.25) is 0 Å². The number of fused-ring (bicyclic) bond motifs is 1. The summed E-state index contributed by atoms with van der Waals surface area (Å²) < 4.78 is 8.67. The zero-order chi connectivity index (χ0) is 14.3. The second-order valence-electron chi connectivity index (χ2n) is 5.57. The van der Waals surface area contributed by atoms with Crippen LogP contribution in [0.5, 0.6) is 0 Å². The number of aromatic nitrogens is 2. The molecule has 1 fully saturated rings. The Balaban J connectivity index is 2.00. The van der Waals surface area contributed by atoms with Crippen molar-refractivity contribution in [3.8, 4) is 0 Å². The van der Waals surface area contributed by atoms with Gasteiger partial charge in [0.25, 0.3) is 0 Å². The van der Waals surface area contributed by atoms with Crippen LogP contribution in [0, 0.1) is 5.92 Å². The van der Waals surface area contributed by atoms with Crippen molar-refractivity contribution >= 4 is 11.0 Å². The van der Waals surface area contributed by atoms with Crippen molar-refractivity contribution in [2.24, 2.45) is 20.0 Å². The molecule has 1 N–H and O–H groups in total. The molecule has 0 radical (unpaired) electrons. The third-order valence-corrected chi connectivity index (χ3v) is 4.28. The van der Waals surface area contributed by atoms with Crippen molar-refractivity contribution in [3.05, 3.63) is 34.2 Å². The van der Waals surface area contributed by atoms with Gasteiger partial charge in [0, 0.05) is 26.6 Å². The summed E-state index contributed by atoms with van der Waals surface area (Å²) in [7, 11) is 3.51. The zero-order valence-corrected chi connectivity index (χ0v) is 11.9. The summed E-state index contributed by atoms with van der Waals surface area (Å²) in [6, 6.07) is 5.72. The van der Waals surface area contributed by atoms with E-state index in [1.807, 2.05) is 18.2 Å². The van der Waals surface area contributed by atoms with E-state index in [1.54, 1.807) is 23.2 Å². The van der Waals surface area contributed by atoms with Crippen LogP contribution in [0.25, 0.3) is 11.0 Å². The lowest BCUT2D eigenvalue weighted by molar-refractivity contribution is -0.00992. The van der Waals surface area contributed by atoms with E-state index in [1.165, 1.54) is 0 Å². The van der Waals surface area contributed by atoms with Crippen molar-refractivity contribution in [2.75, 3.05) is 13.2 Å². The minimum Gasteiger partial charge on any atom is -0.388 e. The number of aliphatic hydroxyl groups excluding tert-OH is 1. The summed E-state index contributed by atoms with van der Waals surface area (Å²) in [6.45, 7) is 1.39. The van der Waals surface area contributed by atoms with Crippen molar-refractivity contribution in [3.63, 3.8) is 0 Å². The summed E-state index contributed by atoms with van der Waals surface area (Å²) in [4.78, 5) is 11.9. The first kappa shape index (κ1) is 13.4. The molecule has 5 heteroatoms. The van der Waals surface area contributed by atoms with Crippen LogP contribution in [-0.4, -0.2) is 27.5 Å². The number of benzene rings is 1. The second kappa shape index (κ2) is 5.07. The molecule has 5 nitrogen and oxygen atoms in total. The van der Waals surface area contributed by atoms with E-state index in [-0.39, 0.29) is 11.6 Å². The van der Waals surface area contributed by atoms with Crippen LogP contribution in [0.15, 0.2) is 23.0 Å². The predicted octanol–water partition coefficient (Wildman–Crippen LogP) is 1.34. The van der Waals surface area contributed by atoms with Crippen LogP contribution in [-0.2, 0) is 18.8 Å². The molecular weight excluding hydrogens is 256 g/mol. The van der Waals surface area contributed by atoms with E-state index >= 15 is 0 Å². The highest BCUT2D eigenvalue weighted by molar-refractivity contribution is 5.76. The molecule has 0 spiro atoms. The normalized spacial score (nSPS) is 21.2. The van der Waals surface area contributed by atoms with Gasteiger partial charge in [-0.25, -0.2) is 4.79 Å². The van der Waals surface area contributed by atoms with Gasteiger partial charge in [-0.1, -0.05) is 6.07 Å². The van der Waals surface area contributed by atoms with Crippen LogP contribution in [0.1, 0.15) is 24.5 Å². The molecule has 0 aliphatic carbocycles. The standard InChI is InChI=1S/C15H20N2O3/c1-16-12-6-5-10(8-13(12)17(2)15(16)19)14(18)11-4-3-7-20-9-11/h5-6,8,11,14,18H,3-4,7,9H2,1-2H3. The van der Waals surface area contributed by atoms with Crippen LogP contribution in [0.3, 0.4) is 0 Å². The molecule has 1 aromatic heterocycles. The Labute approximate surface area is 117 Å². The fourth-order valence-corrected chi connectivity index (χ4v) is 2.99. The molecule has 1 aliphatic rings. The molecule has 2 atom stereocenters. The van der Waals surface area contributed by atoms with E-state index in [0.29, 0.717) is 6.61 Å². The average molecular weight is 276 g/mol. The number of aliphatic hydroxyl groups is 1. The van der Waals surface area contributed by atoms with Gasteiger partial charge < -0.3 is 9.84 Å². The van der Waals surface area contributed by atoms with E-state index in [2.05, 4.69) is 0 Å². The lowest BCUT2D eigenvalue weighted by Gasteiger charge is -2.27. The van der Waals surface area contributed by atoms with Crippen molar-refractivity contribution < 1.29 is 9.84 Å². The van der Waals surface area contributed by atoms with Crippen molar-refractivity contribution in [1.82, 2.24) is 9.13 Å². The molecule has 1 aliphatic heterocycles. The number of nitrogens with zero attached hydrogens (tertiary/aromatic N) is 2. The summed E-state index contributed by atoms with van der Waals surface area (Å²) in [5.74, 6) is 0.141. The minimum atomic E-state index is -0.532. The Morgan fingerprint density at radius 3 is 2.75 bits per heavy atom. The molecule has 2 unspecified atom stereocenters. The molecule has 2 aromatic rings. The van der Waals surface area contributed by atoms with Crippen molar-refractivity contribution in [2.45, 2.75) is 18.9 Å². The largest absolute Gasteiger partial charge is 0.388 e. The molecule has 20 heavy (non-hydrogen) atoms. The van der Waals surface area contributed by atoms with E-state index < -0.39 is 6.10 Å². The first-order chi connectivity index (χ1) is 9.59. The molecule has 0 saturated carbocycles. The first-order valence-electron chi connectivity index (χ1n) is 7.01. The Morgan fingerprint density at radius 1 is 1.30 bits per heavy atom. The highest BCUT2D eigenvalue weighted by Crippen LogP contribution is 2.30. The minimum absolute atomic E-state index is 0.0485. The van der Waals surface area contributed by atoms with Crippen LogP contribution < -0.4 is 5.69 Å². The number of ether oxygens (including phenoxy) is 1. The number of aryl methyl sites for hydroxylation is 2. The number of imidazole rings is 1. The van der Waals surface area contributed by atoms with Crippen molar-refractivity contribution in [1.29, 1.82) is 0 Å². The number of rotatable bonds is 2. The summed E-state index contributed by atoms with van der Waals surface area (Å²) in [5, 5.41) is 10.5. The SMILES string of the molecule is Cn1c(=O)n(C)c2cc(C(O)C3CCCOC3)ccc21. The third-order valence-electron chi connectivity index (χ3n) is 4.28. The molecule has 0 amide bonds. The summed E-state index contributed by atoms with van der Waals surface area (Å²) in [5.41, 5.74) is 2.54. The van der Waals surface area contributed by atoms with Crippen LogP contribution in [0.4, 0.5) is 0 Å². The third kappa shape index (κ3) is 2.07. The van der Waals surface area contributed by atoms with Gasteiger partial charge in [0.15, 0.2) is 0 Å². The zero-order valence-electron chi connectivity index (χ0n) is 11.9. The fraction of sp³-hybridized carbons (Fsp3) is 0.533. The van der Waals surface area contributed by atoms with Gasteiger partial charge in [-0.15, -0.1) is 0 Å². The highest BCUT2D eigenvalue weighted by atomic mass is 16.5. The molecular formula is C15H20N2O3. The van der Waals surface area contributed by atoms with E-state index in [4.69, 9.17) is 4.74 Å². The summed E-state index contributed by atoms with van der Waals surface area (Å²) in [6.07, 6.45) is 1.44. The Kier molecular flexibility index (Phi) is 3.40. The maximum Gasteiger partial charge on any atom is 0.328 e. The number of hydrogen-bond acceptors (Lipinski definition) is 3. The molecule has 0 bridgehead atoms. The first-order valence-corrected chi connectivity index (χ1v) is 7.01. The van der Waals surface area contributed by atoms with Gasteiger partial charge in [-0.2, -0.15) is 0 Å². The lowest BCUT2D eigenvalue weighted by atomic mass is 9.91.